The third-order valence-electron chi connectivity index (χ3n) is 4.77. The summed E-state index contributed by atoms with van der Waals surface area (Å²) in [6.07, 6.45) is 2.71. The summed E-state index contributed by atoms with van der Waals surface area (Å²) in [5.74, 6) is -0.974. The molecule has 0 spiro atoms. The summed E-state index contributed by atoms with van der Waals surface area (Å²) in [7, 11) is -4.21. The van der Waals surface area contributed by atoms with E-state index in [4.69, 9.17) is 14.3 Å². The van der Waals surface area contributed by atoms with Crippen molar-refractivity contribution in [1.29, 1.82) is 0 Å². The van der Waals surface area contributed by atoms with Crippen LogP contribution in [-0.2, 0) is 16.6 Å². The van der Waals surface area contributed by atoms with Crippen LogP contribution in [0, 0.1) is 19.7 Å². The Balaban J connectivity index is 1.75. The first kappa shape index (κ1) is 21.9. The molecule has 0 amide bonds. The minimum absolute atomic E-state index is 0.0568. The summed E-state index contributed by atoms with van der Waals surface area (Å²) in [6.45, 7) is 3.58. The van der Waals surface area contributed by atoms with Gasteiger partial charge in [0, 0.05) is 41.2 Å². The van der Waals surface area contributed by atoms with Crippen LogP contribution in [0.3, 0.4) is 0 Å². The second kappa shape index (κ2) is 8.30. The Morgan fingerprint density at radius 1 is 1.25 bits per heavy atom. The number of hydrogen-bond donors (Lipinski definition) is 2. The molecule has 0 unspecified atom stereocenters. The van der Waals surface area contributed by atoms with Crippen molar-refractivity contribution in [2.24, 2.45) is 5.14 Å². The monoisotopic (exact) mass is 476 g/mol. The van der Waals surface area contributed by atoms with E-state index in [1.807, 2.05) is 17.7 Å². The van der Waals surface area contributed by atoms with Crippen LogP contribution in [0.25, 0.3) is 11.0 Å². The van der Waals surface area contributed by atoms with Gasteiger partial charge in [0.15, 0.2) is 11.6 Å². The fourth-order valence-electron chi connectivity index (χ4n) is 3.21. The Labute approximate surface area is 185 Å². The molecular formula is C20H17FN4O5S2. The maximum Gasteiger partial charge on any atom is 0.340 e. The lowest BCUT2D eigenvalue weighted by Gasteiger charge is -2.12. The minimum Gasteiger partial charge on any atom is -0.430 e. The molecular weight excluding hydrogens is 459 g/mol. The first-order valence-electron chi connectivity index (χ1n) is 9.20. The van der Waals surface area contributed by atoms with Crippen molar-refractivity contribution in [2.45, 2.75) is 20.3 Å². The molecule has 166 valence electrons. The van der Waals surface area contributed by atoms with Crippen molar-refractivity contribution in [1.82, 2.24) is 9.97 Å². The van der Waals surface area contributed by atoms with Gasteiger partial charge in [0.1, 0.15) is 11.3 Å². The number of rotatable bonds is 6. The van der Waals surface area contributed by atoms with Crippen molar-refractivity contribution in [3.8, 4) is 10.9 Å². The van der Waals surface area contributed by atoms with Crippen LogP contribution in [0.5, 0.6) is 10.9 Å². The van der Waals surface area contributed by atoms with Gasteiger partial charge in [0.2, 0.25) is 0 Å². The number of ether oxygens (including phenoxy) is 1. The summed E-state index contributed by atoms with van der Waals surface area (Å²) in [5.41, 5.74) is 1.37. The molecule has 9 nitrogen and oxygen atoms in total. The molecule has 0 aliphatic rings. The highest BCUT2D eigenvalue weighted by atomic mass is 32.2. The van der Waals surface area contributed by atoms with E-state index in [2.05, 4.69) is 9.97 Å². The van der Waals surface area contributed by atoms with Crippen LogP contribution >= 0.6 is 11.3 Å². The predicted octanol–water partition coefficient (Wildman–Crippen LogP) is 3.40. The molecule has 0 radical (unpaired) electrons. The molecule has 0 bridgehead atoms. The lowest BCUT2D eigenvalue weighted by atomic mass is 9.98. The largest absolute Gasteiger partial charge is 0.430 e. The Kier molecular flexibility index (Phi) is 5.67. The molecule has 0 atom stereocenters. The van der Waals surface area contributed by atoms with Gasteiger partial charge < -0.3 is 9.15 Å². The van der Waals surface area contributed by atoms with Crippen molar-refractivity contribution in [3.05, 3.63) is 74.5 Å². The topological polar surface area (TPSA) is 137 Å². The van der Waals surface area contributed by atoms with E-state index in [0.29, 0.717) is 27.5 Å². The summed E-state index contributed by atoms with van der Waals surface area (Å²) < 4.78 is 50.3. The number of halogens is 1. The van der Waals surface area contributed by atoms with Gasteiger partial charge in [-0.15, -0.1) is 0 Å². The third-order valence-corrected chi connectivity index (χ3v) is 5.89. The molecule has 3 N–H and O–H groups in total. The Bertz CT molecular complexity index is 1480. The molecule has 3 heterocycles. The average Bonchev–Trinajstić information content (AvgIpc) is 3.21. The smallest absolute Gasteiger partial charge is 0.340 e. The second-order valence-electron chi connectivity index (χ2n) is 6.96. The molecule has 4 rings (SSSR count). The number of aryl methyl sites for hydroxylation is 2. The van der Waals surface area contributed by atoms with Crippen molar-refractivity contribution < 1.29 is 22.0 Å². The number of nitrogens with one attached hydrogen (secondary N) is 1. The van der Waals surface area contributed by atoms with E-state index in [1.54, 1.807) is 24.6 Å². The molecule has 3 aromatic heterocycles. The number of anilines is 1. The van der Waals surface area contributed by atoms with Crippen LogP contribution in [0.4, 0.5) is 10.2 Å². The van der Waals surface area contributed by atoms with Gasteiger partial charge >= 0.3 is 5.63 Å². The van der Waals surface area contributed by atoms with E-state index < -0.39 is 27.5 Å². The van der Waals surface area contributed by atoms with E-state index in [-0.39, 0.29) is 17.5 Å². The molecule has 4 aromatic rings. The normalized spacial score (nSPS) is 11.6. The first-order valence-corrected chi connectivity index (χ1v) is 11.6. The molecule has 0 saturated heterocycles. The molecule has 0 fully saturated rings. The highest BCUT2D eigenvalue weighted by molar-refractivity contribution is 7.90. The molecule has 0 saturated carbocycles. The van der Waals surface area contributed by atoms with Gasteiger partial charge in [-0.25, -0.2) is 24.3 Å². The maximum absolute atomic E-state index is 14.8. The zero-order valence-electron chi connectivity index (χ0n) is 16.9. The van der Waals surface area contributed by atoms with E-state index in [0.717, 1.165) is 5.56 Å². The summed E-state index contributed by atoms with van der Waals surface area (Å²) in [4.78, 5) is 20.4. The molecule has 12 heteroatoms. The maximum atomic E-state index is 14.8. The Morgan fingerprint density at radius 2 is 2.03 bits per heavy atom. The van der Waals surface area contributed by atoms with Crippen molar-refractivity contribution in [2.75, 3.05) is 4.72 Å². The fraction of sp³-hybridized carbons (Fsp3) is 0.150. The summed E-state index contributed by atoms with van der Waals surface area (Å²) in [6, 6.07) is 4.78. The average molecular weight is 477 g/mol. The lowest BCUT2D eigenvalue weighted by molar-refractivity contribution is 0.472. The molecule has 0 aliphatic carbocycles. The van der Waals surface area contributed by atoms with E-state index >= 15 is 0 Å². The standard InChI is InChI=1S/C20H17FN4O5S2/c1-10-7-13-11(2)14(8-12-3-4-23-18(17(12)21)25-32(22,27)28)19(26)29-16(13)9-15(10)30-20-24-5-6-31-20/h3-7,9H,8H2,1-2H3,(H,23,25)(H2,22,27,28). The van der Waals surface area contributed by atoms with Crippen molar-refractivity contribution in [3.63, 3.8) is 0 Å². The number of pyridine rings is 1. The van der Waals surface area contributed by atoms with Gasteiger partial charge in [-0.3, -0.25) is 4.72 Å². The van der Waals surface area contributed by atoms with E-state index in [9.17, 15) is 17.6 Å². The van der Waals surface area contributed by atoms with Gasteiger partial charge in [-0.05, 0) is 42.7 Å². The van der Waals surface area contributed by atoms with E-state index in [1.165, 1.54) is 23.6 Å². The predicted molar refractivity (Wildman–Crippen MR) is 118 cm³/mol. The highest BCUT2D eigenvalue weighted by Gasteiger charge is 2.19. The quantitative estimate of drug-likeness (QED) is 0.407. The Morgan fingerprint density at radius 3 is 2.72 bits per heavy atom. The van der Waals surface area contributed by atoms with Gasteiger partial charge in [-0.1, -0.05) is 11.3 Å². The number of fused-ring (bicyclic) bond motifs is 1. The zero-order chi connectivity index (χ0) is 23.0. The van der Waals surface area contributed by atoms with Crippen LogP contribution in [0.15, 0.2) is 45.2 Å². The van der Waals surface area contributed by atoms with Gasteiger partial charge in [0.05, 0.1) is 0 Å². The number of benzene rings is 1. The third kappa shape index (κ3) is 4.47. The first-order chi connectivity index (χ1) is 15.1. The van der Waals surface area contributed by atoms with Crippen LogP contribution in [-0.4, -0.2) is 18.4 Å². The number of thiazole rings is 1. The van der Waals surface area contributed by atoms with Crippen LogP contribution < -0.4 is 20.2 Å². The fourth-order valence-corrected chi connectivity index (χ4v) is 4.12. The second-order valence-corrected chi connectivity index (χ2v) is 9.11. The Hall–Kier alpha value is -3.35. The molecule has 1 aromatic carbocycles. The number of nitrogens with zero attached hydrogens (tertiary/aromatic N) is 2. The molecule has 32 heavy (non-hydrogen) atoms. The number of hydrogen-bond acceptors (Lipinski definition) is 8. The van der Waals surface area contributed by atoms with Gasteiger partial charge in [-0.2, -0.15) is 8.42 Å². The van der Waals surface area contributed by atoms with Gasteiger partial charge in [0.25, 0.3) is 15.4 Å². The summed E-state index contributed by atoms with van der Waals surface area (Å²) in [5, 5.41) is 7.80. The molecule has 0 aliphatic heterocycles. The van der Waals surface area contributed by atoms with Crippen molar-refractivity contribution >= 4 is 38.3 Å². The van der Waals surface area contributed by atoms with Crippen LogP contribution in [0.1, 0.15) is 22.3 Å². The summed E-state index contributed by atoms with van der Waals surface area (Å²) >= 11 is 1.33. The lowest BCUT2D eigenvalue weighted by Crippen LogP contribution is -2.23. The van der Waals surface area contributed by atoms with Crippen LogP contribution in [0.2, 0.25) is 0 Å². The zero-order valence-corrected chi connectivity index (χ0v) is 18.5. The number of nitrogens with two attached hydrogens (primary N) is 1. The number of aromatic nitrogens is 2. The SMILES string of the molecule is Cc1cc2c(C)c(Cc3ccnc(NS(N)(=O)=O)c3F)c(=O)oc2cc1Oc1nccs1. The minimum atomic E-state index is -4.21. The highest BCUT2D eigenvalue weighted by Crippen LogP contribution is 2.32.